The van der Waals surface area contributed by atoms with Gasteiger partial charge in [0.05, 0.1) is 5.52 Å². The van der Waals surface area contributed by atoms with Crippen molar-refractivity contribution in [2.24, 2.45) is 0 Å². The van der Waals surface area contributed by atoms with E-state index in [4.69, 9.17) is 0 Å². The molecule has 2 heterocycles. The molecule has 0 bridgehead atoms. The Labute approximate surface area is 111 Å². The van der Waals surface area contributed by atoms with Crippen LogP contribution in [0.15, 0.2) is 36.5 Å². The molecule has 0 atom stereocenters. The van der Waals surface area contributed by atoms with E-state index in [1.54, 1.807) is 13.1 Å². The van der Waals surface area contributed by atoms with Crippen molar-refractivity contribution in [3.05, 3.63) is 42.1 Å². The summed E-state index contributed by atoms with van der Waals surface area (Å²) in [5.74, 6) is 0.0572. The molecule has 3 nitrogen and oxygen atoms in total. The zero-order valence-electron chi connectivity index (χ0n) is 11.2. The van der Waals surface area contributed by atoms with Crippen molar-refractivity contribution in [2.75, 3.05) is 0 Å². The highest BCUT2D eigenvalue weighted by molar-refractivity contribution is 6.09. The van der Waals surface area contributed by atoms with Crippen LogP contribution in [0.3, 0.4) is 0 Å². The normalized spacial score (nSPS) is 11.3. The molecule has 0 aliphatic heterocycles. The van der Waals surface area contributed by atoms with E-state index in [1.807, 2.05) is 18.2 Å². The Morgan fingerprint density at radius 1 is 1.26 bits per heavy atom. The number of benzene rings is 1. The van der Waals surface area contributed by atoms with Crippen molar-refractivity contribution >= 4 is 27.7 Å². The average molecular weight is 252 g/mol. The third kappa shape index (κ3) is 1.82. The summed E-state index contributed by atoms with van der Waals surface area (Å²) < 4.78 is 2.23. The van der Waals surface area contributed by atoms with Crippen molar-refractivity contribution < 1.29 is 4.79 Å². The Bertz CT molecular complexity index is 771. The van der Waals surface area contributed by atoms with E-state index in [0.717, 1.165) is 24.0 Å². The molecule has 0 saturated heterocycles. The van der Waals surface area contributed by atoms with Crippen LogP contribution in [-0.2, 0) is 6.54 Å². The lowest BCUT2D eigenvalue weighted by Gasteiger charge is -2.04. The van der Waals surface area contributed by atoms with Gasteiger partial charge in [-0.05, 0) is 25.5 Å². The van der Waals surface area contributed by atoms with Crippen LogP contribution < -0.4 is 0 Å². The maximum absolute atomic E-state index is 11.5. The van der Waals surface area contributed by atoms with E-state index in [0.29, 0.717) is 5.56 Å². The Morgan fingerprint density at radius 3 is 2.79 bits per heavy atom. The van der Waals surface area contributed by atoms with Gasteiger partial charge in [0, 0.05) is 29.1 Å². The summed E-state index contributed by atoms with van der Waals surface area (Å²) in [6, 6.07) is 10.2. The fraction of sp³-hybridized carbons (Fsp3) is 0.250. The molecule has 0 amide bonds. The molecule has 0 aliphatic carbocycles. The molecular formula is C16H16N2O. The number of para-hydroxylation sites is 1. The van der Waals surface area contributed by atoms with Gasteiger partial charge in [0.25, 0.3) is 0 Å². The SMILES string of the molecule is CCCn1c2ccccc2c2cc(C(C)=O)cnc21. The molecule has 3 aromatic rings. The molecule has 3 heteroatoms. The van der Waals surface area contributed by atoms with E-state index in [1.165, 1.54) is 10.9 Å². The number of Topliss-reactive ketones (excluding diaryl/α,β-unsaturated/α-hetero) is 1. The molecule has 0 radical (unpaired) electrons. The highest BCUT2D eigenvalue weighted by Gasteiger charge is 2.12. The smallest absolute Gasteiger partial charge is 0.161 e. The number of carbonyl (C=O) groups is 1. The predicted molar refractivity (Wildman–Crippen MR) is 77.5 cm³/mol. The van der Waals surface area contributed by atoms with Crippen molar-refractivity contribution in [2.45, 2.75) is 26.8 Å². The lowest BCUT2D eigenvalue weighted by atomic mass is 10.1. The summed E-state index contributed by atoms with van der Waals surface area (Å²) in [7, 11) is 0. The minimum atomic E-state index is 0.0572. The molecule has 0 fully saturated rings. The topological polar surface area (TPSA) is 34.9 Å². The molecule has 0 spiro atoms. The van der Waals surface area contributed by atoms with Gasteiger partial charge < -0.3 is 4.57 Å². The summed E-state index contributed by atoms with van der Waals surface area (Å²) in [4.78, 5) is 16.0. The second-order valence-corrected chi connectivity index (χ2v) is 4.82. The van der Waals surface area contributed by atoms with Gasteiger partial charge in [-0.15, -0.1) is 0 Å². The molecule has 0 N–H and O–H groups in total. The molecule has 2 aromatic heterocycles. The molecule has 0 unspecified atom stereocenters. The molecule has 0 saturated carbocycles. The summed E-state index contributed by atoms with van der Waals surface area (Å²) >= 11 is 0. The third-order valence-corrected chi connectivity index (χ3v) is 3.46. The number of aryl methyl sites for hydroxylation is 1. The lowest BCUT2D eigenvalue weighted by Crippen LogP contribution is -1.99. The number of nitrogens with zero attached hydrogens (tertiary/aromatic N) is 2. The quantitative estimate of drug-likeness (QED) is 0.664. The average Bonchev–Trinajstić information content (AvgIpc) is 2.74. The second-order valence-electron chi connectivity index (χ2n) is 4.82. The van der Waals surface area contributed by atoms with E-state index in [2.05, 4.69) is 28.6 Å². The van der Waals surface area contributed by atoms with Crippen LogP contribution in [0.5, 0.6) is 0 Å². The van der Waals surface area contributed by atoms with E-state index >= 15 is 0 Å². The largest absolute Gasteiger partial charge is 0.325 e. The number of carbonyl (C=O) groups excluding carboxylic acids is 1. The van der Waals surface area contributed by atoms with Crippen LogP contribution in [0.25, 0.3) is 21.9 Å². The molecular weight excluding hydrogens is 236 g/mol. The Morgan fingerprint density at radius 2 is 2.05 bits per heavy atom. The highest BCUT2D eigenvalue weighted by atomic mass is 16.1. The van der Waals surface area contributed by atoms with Crippen LogP contribution >= 0.6 is 0 Å². The zero-order valence-corrected chi connectivity index (χ0v) is 11.2. The van der Waals surface area contributed by atoms with Crippen LogP contribution in [-0.4, -0.2) is 15.3 Å². The lowest BCUT2D eigenvalue weighted by molar-refractivity contribution is 0.101. The number of ketones is 1. The van der Waals surface area contributed by atoms with Crippen molar-refractivity contribution in [3.63, 3.8) is 0 Å². The van der Waals surface area contributed by atoms with Crippen LogP contribution in [0.2, 0.25) is 0 Å². The first-order valence-corrected chi connectivity index (χ1v) is 6.60. The van der Waals surface area contributed by atoms with Gasteiger partial charge in [0.15, 0.2) is 5.78 Å². The Hall–Kier alpha value is -2.16. The summed E-state index contributed by atoms with van der Waals surface area (Å²) in [6.45, 7) is 4.68. The van der Waals surface area contributed by atoms with Gasteiger partial charge in [-0.2, -0.15) is 0 Å². The number of aromatic nitrogens is 2. The van der Waals surface area contributed by atoms with Crippen LogP contribution in [0.4, 0.5) is 0 Å². The van der Waals surface area contributed by atoms with Gasteiger partial charge in [0.2, 0.25) is 0 Å². The maximum atomic E-state index is 11.5. The minimum Gasteiger partial charge on any atom is -0.325 e. The highest BCUT2D eigenvalue weighted by Crippen LogP contribution is 2.28. The van der Waals surface area contributed by atoms with Gasteiger partial charge in [-0.1, -0.05) is 25.1 Å². The van der Waals surface area contributed by atoms with Crippen LogP contribution in [0.1, 0.15) is 30.6 Å². The van der Waals surface area contributed by atoms with E-state index in [9.17, 15) is 4.79 Å². The first-order valence-electron chi connectivity index (χ1n) is 6.60. The molecule has 19 heavy (non-hydrogen) atoms. The first kappa shape index (κ1) is 11.9. The van der Waals surface area contributed by atoms with E-state index < -0.39 is 0 Å². The van der Waals surface area contributed by atoms with Gasteiger partial charge in [-0.25, -0.2) is 4.98 Å². The number of rotatable bonds is 3. The minimum absolute atomic E-state index is 0.0572. The van der Waals surface area contributed by atoms with Gasteiger partial charge in [-0.3, -0.25) is 4.79 Å². The van der Waals surface area contributed by atoms with Crippen LogP contribution in [0, 0.1) is 0 Å². The number of hydrogen-bond acceptors (Lipinski definition) is 2. The number of fused-ring (bicyclic) bond motifs is 3. The zero-order chi connectivity index (χ0) is 13.4. The number of pyridine rings is 1. The monoisotopic (exact) mass is 252 g/mol. The van der Waals surface area contributed by atoms with Crippen molar-refractivity contribution in [1.29, 1.82) is 0 Å². The molecule has 1 aromatic carbocycles. The standard InChI is InChI=1S/C16H16N2O/c1-3-8-18-15-7-5-4-6-13(15)14-9-12(11(2)19)10-17-16(14)18/h4-7,9-10H,3,8H2,1-2H3. The Kier molecular flexibility index (Phi) is 2.82. The maximum Gasteiger partial charge on any atom is 0.161 e. The van der Waals surface area contributed by atoms with Gasteiger partial charge in [0.1, 0.15) is 5.65 Å². The second kappa shape index (κ2) is 4.50. The van der Waals surface area contributed by atoms with E-state index in [-0.39, 0.29) is 5.78 Å². The fourth-order valence-corrected chi connectivity index (χ4v) is 2.56. The summed E-state index contributed by atoms with van der Waals surface area (Å²) in [5.41, 5.74) is 2.83. The van der Waals surface area contributed by atoms with Crippen molar-refractivity contribution in [3.8, 4) is 0 Å². The molecule has 96 valence electrons. The third-order valence-electron chi connectivity index (χ3n) is 3.46. The Balaban J connectivity index is 2.41. The summed E-state index contributed by atoms with van der Waals surface area (Å²) in [6.07, 6.45) is 2.74. The number of hydrogen-bond donors (Lipinski definition) is 0. The van der Waals surface area contributed by atoms with Gasteiger partial charge >= 0.3 is 0 Å². The predicted octanol–water partition coefficient (Wildman–Crippen LogP) is 3.80. The molecule has 3 rings (SSSR count). The first-order chi connectivity index (χ1) is 9.22. The summed E-state index contributed by atoms with van der Waals surface area (Å²) in [5, 5.41) is 2.23. The fourth-order valence-electron chi connectivity index (χ4n) is 2.56. The molecule has 0 aliphatic rings. The van der Waals surface area contributed by atoms with Crippen molar-refractivity contribution in [1.82, 2.24) is 9.55 Å².